The van der Waals surface area contributed by atoms with Crippen LogP contribution in [0.15, 0.2) is 24.3 Å². The second-order valence-corrected chi connectivity index (χ2v) is 4.66. The van der Waals surface area contributed by atoms with Crippen LogP contribution in [0, 0.1) is 11.3 Å². The van der Waals surface area contributed by atoms with Gasteiger partial charge < -0.3 is 5.32 Å². The minimum absolute atomic E-state index is 0.577. The summed E-state index contributed by atoms with van der Waals surface area (Å²) in [6.45, 7) is 5.69. The fourth-order valence-corrected chi connectivity index (χ4v) is 2.24. The molecule has 0 radical (unpaired) electrons. The van der Waals surface area contributed by atoms with Gasteiger partial charge in [0.15, 0.2) is 0 Å². The van der Waals surface area contributed by atoms with Gasteiger partial charge in [-0.25, -0.2) is 0 Å². The molecule has 1 aliphatic rings. The molecule has 0 bridgehead atoms. The molecule has 1 unspecified atom stereocenters. The zero-order valence-corrected chi connectivity index (χ0v) is 10.3. The van der Waals surface area contributed by atoms with Crippen molar-refractivity contribution < 1.29 is 0 Å². The number of nitrogens with zero attached hydrogens (tertiary/aromatic N) is 2. The maximum absolute atomic E-state index is 8.71. The molecule has 2 rings (SSSR count). The Bertz CT molecular complexity index is 385. The molecule has 1 N–H and O–H groups in total. The first-order valence-electron chi connectivity index (χ1n) is 6.27. The molecule has 0 saturated carbocycles. The summed E-state index contributed by atoms with van der Waals surface area (Å²) in [5, 5.41) is 12.1. The van der Waals surface area contributed by atoms with Crippen LogP contribution < -0.4 is 5.32 Å². The van der Waals surface area contributed by atoms with E-state index >= 15 is 0 Å². The molecule has 0 aliphatic carbocycles. The number of rotatable bonds is 4. The van der Waals surface area contributed by atoms with Gasteiger partial charge in [0, 0.05) is 18.3 Å². The van der Waals surface area contributed by atoms with Gasteiger partial charge >= 0.3 is 0 Å². The molecule has 3 heteroatoms. The summed E-state index contributed by atoms with van der Waals surface area (Å²) in [5.41, 5.74) is 1.80. The Morgan fingerprint density at radius 1 is 1.29 bits per heavy atom. The van der Waals surface area contributed by atoms with Crippen LogP contribution >= 0.6 is 0 Å². The second kappa shape index (κ2) is 5.70. The number of anilines is 1. The van der Waals surface area contributed by atoms with Crippen LogP contribution in [0.25, 0.3) is 0 Å². The van der Waals surface area contributed by atoms with Gasteiger partial charge in [-0.05, 0) is 57.1 Å². The second-order valence-electron chi connectivity index (χ2n) is 4.66. The molecule has 1 saturated heterocycles. The van der Waals surface area contributed by atoms with Gasteiger partial charge in [0.2, 0.25) is 0 Å². The Hall–Kier alpha value is -1.53. The molecule has 90 valence electrons. The quantitative estimate of drug-likeness (QED) is 0.862. The summed E-state index contributed by atoms with van der Waals surface area (Å²) < 4.78 is 0. The fraction of sp³-hybridized carbons (Fsp3) is 0.500. The van der Waals surface area contributed by atoms with Gasteiger partial charge in [0.25, 0.3) is 0 Å². The van der Waals surface area contributed by atoms with Crippen molar-refractivity contribution in [3.8, 4) is 6.07 Å². The lowest BCUT2D eigenvalue weighted by Crippen LogP contribution is -2.35. The van der Waals surface area contributed by atoms with Crippen LogP contribution in [-0.4, -0.2) is 30.6 Å². The van der Waals surface area contributed by atoms with Crippen LogP contribution in [0.3, 0.4) is 0 Å². The van der Waals surface area contributed by atoms with Gasteiger partial charge in [0.1, 0.15) is 0 Å². The number of benzene rings is 1. The normalized spacial score (nSPS) is 17.6. The van der Waals surface area contributed by atoms with Crippen LogP contribution in [0.2, 0.25) is 0 Å². The molecule has 1 aromatic carbocycles. The van der Waals surface area contributed by atoms with E-state index in [1.54, 1.807) is 0 Å². The molecule has 0 amide bonds. The SMILES string of the molecule is CC(CNc1ccc(C#N)cc1)N1CCCC1. The van der Waals surface area contributed by atoms with Gasteiger partial charge in [-0.1, -0.05) is 0 Å². The minimum Gasteiger partial charge on any atom is -0.383 e. The largest absolute Gasteiger partial charge is 0.383 e. The van der Waals surface area contributed by atoms with Gasteiger partial charge in [-0.3, -0.25) is 4.90 Å². The molecule has 1 aromatic rings. The van der Waals surface area contributed by atoms with E-state index in [0.29, 0.717) is 11.6 Å². The van der Waals surface area contributed by atoms with Crippen molar-refractivity contribution in [2.24, 2.45) is 0 Å². The molecule has 0 spiro atoms. The van der Waals surface area contributed by atoms with Crippen molar-refractivity contribution in [1.29, 1.82) is 5.26 Å². The number of nitriles is 1. The van der Waals surface area contributed by atoms with E-state index in [4.69, 9.17) is 5.26 Å². The summed E-state index contributed by atoms with van der Waals surface area (Å²) in [6.07, 6.45) is 2.67. The van der Waals surface area contributed by atoms with Crippen molar-refractivity contribution >= 4 is 5.69 Å². The third-order valence-corrected chi connectivity index (χ3v) is 3.38. The summed E-state index contributed by atoms with van der Waals surface area (Å²) in [6, 6.07) is 10.3. The van der Waals surface area contributed by atoms with Gasteiger partial charge in [-0.15, -0.1) is 0 Å². The van der Waals surface area contributed by atoms with E-state index in [0.717, 1.165) is 12.2 Å². The van der Waals surface area contributed by atoms with E-state index in [2.05, 4.69) is 23.2 Å². The molecular formula is C14H19N3. The van der Waals surface area contributed by atoms with Crippen molar-refractivity contribution in [2.45, 2.75) is 25.8 Å². The van der Waals surface area contributed by atoms with E-state index in [9.17, 15) is 0 Å². The number of hydrogen-bond acceptors (Lipinski definition) is 3. The lowest BCUT2D eigenvalue weighted by molar-refractivity contribution is 0.269. The average Bonchev–Trinajstić information content (AvgIpc) is 2.90. The first kappa shape index (κ1) is 11.9. The topological polar surface area (TPSA) is 39.1 Å². The van der Waals surface area contributed by atoms with E-state index < -0.39 is 0 Å². The number of likely N-dealkylation sites (tertiary alicyclic amines) is 1. The Morgan fingerprint density at radius 2 is 1.94 bits per heavy atom. The smallest absolute Gasteiger partial charge is 0.0991 e. The van der Waals surface area contributed by atoms with E-state index in [-0.39, 0.29) is 0 Å². The fourth-order valence-electron chi connectivity index (χ4n) is 2.24. The first-order valence-corrected chi connectivity index (χ1v) is 6.27. The van der Waals surface area contributed by atoms with Crippen molar-refractivity contribution in [2.75, 3.05) is 25.0 Å². The van der Waals surface area contributed by atoms with E-state index in [1.165, 1.54) is 25.9 Å². The van der Waals surface area contributed by atoms with Crippen LogP contribution in [0.4, 0.5) is 5.69 Å². The highest BCUT2D eigenvalue weighted by molar-refractivity contribution is 5.47. The highest BCUT2D eigenvalue weighted by atomic mass is 15.2. The Labute approximate surface area is 103 Å². The first-order chi connectivity index (χ1) is 8.29. The zero-order valence-electron chi connectivity index (χ0n) is 10.3. The minimum atomic E-state index is 0.577. The van der Waals surface area contributed by atoms with Crippen molar-refractivity contribution in [1.82, 2.24) is 4.90 Å². The predicted molar refractivity (Wildman–Crippen MR) is 69.9 cm³/mol. The molecular weight excluding hydrogens is 210 g/mol. The molecule has 1 fully saturated rings. The molecule has 3 nitrogen and oxygen atoms in total. The molecule has 1 atom stereocenters. The number of hydrogen-bond donors (Lipinski definition) is 1. The highest BCUT2D eigenvalue weighted by Crippen LogP contribution is 2.13. The monoisotopic (exact) mass is 229 g/mol. The Morgan fingerprint density at radius 3 is 2.53 bits per heavy atom. The van der Waals surface area contributed by atoms with Gasteiger partial charge in [-0.2, -0.15) is 5.26 Å². The number of nitrogens with one attached hydrogen (secondary N) is 1. The van der Waals surface area contributed by atoms with Crippen LogP contribution in [0.5, 0.6) is 0 Å². The third kappa shape index (κ3) is 3.21. The van der Waals surface area contributed by atoms with Crippen molar-refractivity contribution in [3.05, 3.63) is 29.8 Å². The summed E-state index contributed by atoms with van der Waals surface area (Å²) in [7, 11) is 0. The lowest BCUT2D eigenvalue weighted by Gasteiger charge is -2.24. The maximum Gasteiger partial charge on any atom is 0.0991 e. The lowest BCUT2D eigenvalue weighted by atomic mass is 10.2. The summed E-state index contributed by atoms with van der Waals surface area (Å²) in [4.78, 5) is 2.52. The Balaban J connectivity index is 1.82. The molecule has 17 heavy (non-hydrogen) atoms. The third-order valence-electron chi connectivity index (χ3n) is 3.38. The molecule has 1 aliphatic heterocycles. The maximum atomic E-state index is 8.71. The Kier molecular flexibility index (Phi) is 4.00. The van der Waals surface area contributed by atoms with Crippen LogP contribution in [0.1, 0.15) is 25.3 Å². The highest BCUT2D eigenvalue weighted by Gasteiger charge is 2.17. The standard InChI is InChI=1S/C14H19N3/c1-12(17-8-2-3-9-17)11-16-14-6-4-13(10-15)5-7-14/h4-7,12,16H,2-3,8-9,11H2,1H3. The summed E-state index contributed by atoms with van der Waals surface area (Å²) >= 11 is 0. The summed E-state index contributed by atoms with van der Waals surface area (Å²) in [5.74, 6) is 0. The molecule has 1 heterocycles. The predicted octanol–water partition coefficient (Wildman–Crippen LogP) is 2.45. The van der Waals surface area contributed by atoms with Crippen molar-refractivity contribution in [3.63, 3.8) is 0 Å². The van der Waals surface area contributed by atoms with E-state index in [1.807, 2.05) is 24.3 Å². The molecule has 0 aromatic heterocycles. The van der Waals surface area contributed by atoms with Crippen LogP contribution in [-0.2, 0) is 0 Å². The zero-order chi connectivity index (χ0) is 12.1. The average molecular weight is 229 g/mol. The van der Waals surface area contributed by atoms with Gasteiger partial charge in [0.05, 0.1) is 11.6 Å².